The normalized spacial score (nSPS) is 15.0. The zero-order valence-electron chi connectivity index (χ0n) is 15.3. The molecule has 0 saturated carbocycles. The zero-order valence-corrected chi connectivity index (χ0v) is 16.1. The van der Waals surface area contributed by atoms with Gasteiger partial charge in [0, 0.05) is 44.3 Å². The minimum Gasteiger partial charge on any atom is -0.338 e. The van der Waals surface area contributed by atoms with Gasteiger partial charge in [0.2, 0.25) is 0 Å². The van der Waals surface area contributed by atoms with Gasteiger partial charge in [0.15, 0.2) is 0 Å². The van der Waals surface area contributed by atoms with E-state index in [1.165, 1.54) is 17.7 Å². The third-order valence-electron chi connectivity index (χ3n) is 4.87. The van der Waals surface area contributed by atoms with E-state index < -0.39 is 0 Å². The van der Waals surface area contributed by atoms with Crippen LogP contribution in [0.25, 0.3) is 0 Å². The Labute approximate surface area is 164 Å². The van der Waals surface area contributed by atoms with Crippen LogP contribution in [0.1, 0.15) is 11.1 Å². The monoisotopic (exact) mass is 389 g/mol. The van der Waals surface area contributed by atoms with Crippen molar-refractivity contribution in [2.45, 2.75) is 12.8 Å². The molecule has 0 atom stereocenters. The third kappa shape index (κ3) is 6.22. The van der Waals surface area contributed by atoms with Gasteiger partial charge in [-0.25, -0.2) is 9.18 Å². The number of nitrogens with one attached hydrogen (secondary N) is 1. The molecule has 0 aromatic heterocycles. The highest BCUT2D eigenvalue weighted by molar-refractivity contribution is 6.30. The topological polar surface area (TPSA) is 35.6 Å². The summed E-state index contributed by atoms with van der Waals surface area (Å²) in [5.74, 6) is -0.240. The fourth-order valence-electron chi connectivity index (χ4n) is 3.23. The average Bonchev–Trinajstić information content (AvgIpc) is 2.68. The van der Waals surface area contributed by atoms with Gasteiger partial charge >= 0.3 is 6.03 Å². The van der Waals surface area contributed by atoms with Gasteiger partial charge in [0.05, 0.1) is 0 Å². The Morgan fingerprint density at radius 2 is 1.74 bits per heavy atom. The third-order valence-corrected chi connectivity index (χ3v) is 5.10. The molecule has 144 valence electrons. The molecule has 1 aliphatic heterocycles. The Hall–Kier alpha value is -2.11. The van der Waals surface area contributed by atoms with Crippen LogP contribution in [0.3, 0.4) is 0 Å². The molecule has 4 nitrogen and oxygen atoms in total. The molecule has 1 fully saturated rings. The van der Waals surface area contributed by atoms with Crippen LogP contribution in [0.2, 0.25) is 5.02 Å². The van der Waals surface area contributed by atoms with Gasteiger partial charge in [-0.1, -0.05) is 35.9 Å². The van der Waals surface area contributed by atoms with Crippen molar-refractivity contribution in [1.82, 2.24) is 15.1 Å². The van der Waals surface area contributed by atoms with E-state index in [0.29, 0.717) is 13.0 Å². The van der Waals surface area contributed by atoms with Crippen LogP contribution in [-0.4, -0.2) is 55.1 Å². The predicted molar refractivity (Wildman–Crippen MR) is 107 cm³/mol. The lowest BCUT2D eigenvalue weighted by molar-refractivity contribution is 0.140. The van der Waals surface area contributed by atoms with E-state index in [4.69, 9.17) is 11.6 Å². The quantitative estimate of drug-likeness (QED) is 0.819. The summed E-state index contributed by atoms with van der Waals surface area (Å²) in [4.78, 5) is 16.5. The van der Waals surface area contributed by atoms with Gasteiger partial charge in [0.1, 0.15) is 5.82 Å². The van der Waals surface area contributed by atoms with Crippen LogP contribution >= 0.6 is 11.6 Å². The molecular formula is C21H25ClFN3O. The van der Waals surface area contributed by atoms with Crippen molar-refractivity contribution in [3.05, 3.63) is 70.5 Å². The maximum Gasteiger partial charge on any atom is 0.317 e. The standard InChI is InChI=1S/C21H25ClFN3O/c22-19-3-1-2-18(16-19)9-11-25-12-14-26(15-13-25)21(27)24-10-8-17-4-6-20(23)7-5-17/h1-7,16H,8-15H2,(H,24,27). The number of carbonyl (C=O) groups is 1. The second-order valence-electron chi connectivity index (χ2n) is 6.82. The molecule has 2 amide bonds. The first-order valence-corrected chi connectivity index (χ1v) is 9.72. The van der Waals surface area contributed by atoms with E-state index in [0.717, 1.165) is 49.7 Å². The van der Waals surface area contributed by atoms with Crippen molar-refractivity contribution in [1.29, 1.82) is 0 Å². The van der Waals surface area contributed by atoms with Crippen LogP contribution in [0, 0.1) is 5.82 Å². The molecule has 2 aromatic carbocycles. The number of hydrogen-bond donors (Lipinski definition) is 1. The average molecular weight is 390 g/mol. The van der Waals surface area contributed by atoms with Gasteiger partial charge in [-0.3, -0.25) is 4.90 Å². The number of piperazine rings is 1. The van der Waals surface area contributed by atoms with Gasteiger partial charge in [-0.05, 0) is 48.2 Å². The number of benzene rings is 2. The van der Waals surface area contributed by atoms with Crippen LogP contribution < -0.4 is 5.32 Å². The van der Waals surface area contributed by atoms with E-state index in [9.17, 15) is 9.18 Å². The maximum atomic E-state index is 12.9. The molecule has 1 saturated heterocycles. The van der Waals surface area contributed by atoms with Crippen molar-refractivity contribution in [3.63, 3.8) is 0 Å². The first kappa shape index (κ1) is 19.6. The molecule has 0 unspecified atom stereocenters. The summed E-state index contributed by atoms with van der Waals surface area (Å²) in [5.41, 5.74) is 2.26. The molecule has 0 aliphatic carbocycles. The number of urea groups is 1. The summed E-state index contributed by atoms with van der Waals surface area (Å²) in [6, 6.07) is 14.3. The maximum absolute atomic E-state index is 12.9. The molecule has 27 heavy (non-hydrogen) atoms. The number of carbonyl (C=O) groups excluding carboxylic acids is 1. The Kier molecular flexibility index (Phi) is 7.07. The van der Waals surface area contributed by atoms with Gasteiger partial charge in [0.25, 0.3) is 0 Å². The van der Waals surface area contributed by atoms with Crippen LogP contribution in [0.4, 0.5) is 9.18 Å². The molecule has 6 heteroatoms. The van der Waals surface area contributed by atoms with E-state index in [1.807, 2.05) is 23.1 Å². The molecule has 1 N–H and O–H groups in total. The SMILES string of the molecule is O=C(NCCc1ccc(F)cc1)N1CCN(CCc2cccc(Cl)c2)CC1. The minimum atomic E-state index is -0.240. The van der Waals surface area contributed by atoms with Gasteiger partial charge in [-0.2, -0.15) is 0 Å². The molecule has 3 rings (SSSR count). The van der Waals surface area contributed by atoms with Crippen LogP contribution in [-0.2, 0) is 12.8 Å². The van der Waals surface area contributed by atoms with Crippen molar-refractivity contribution in [3.8, 4) is 0 Å². The Morgan fingerprint density at radius 1 is 1.00 bits per heavy atom. The summed E-state index contributed by atoms with van der Waals surface area (Å²) in [6.07, 6.45) is 1.66. The predicted octanol–water partition coefficient (Wildman–Crippen LogP) is 3.59. The summed E-state index contributed by atoms with van der Waals surface area (Å²) >= 11 is 6.03. The first-order valence-electron chi connectivity index (χ1n) is 9.34. The number of hydrogen-bond acceptors (Lipinski definition) is 2. The fourth-order valence-corrected chi connectivity index (χ4v) is 3.44. The van der Waals surface area contributed by atoms with Crippen molar-refractivity contribution in [2.75, 3.05) is 39.3 Å². The number of amides is 2. The molecular weight excluding hydrogens is 365 g/mol. The highest BCUT2D eigenvalue weighted by atomic mass is 35.5. The van der Waals surface area contributed by atoms with E-state index in [-0.39, 0.29) is 11.8 Å². The van der Waals surface area contributed by atoms with E-state index in [1.54, 1.807) is 12.1 Å². The Bertz CT molecular complexity index is 745. The Balaban J connectivity index is 1.34. The first-order chi connectivity index (χ1) is 13.1. The van der Waals surface area contributed by atoms with Gasteiger partial charge in [-0.15, -0.1) is 0 Å². The smallest absolute Gasteiger partial charge is 0.317 e. The molecule has 0 spiro atoms. The van der Waals surface area contributed by atoms with Crippen LogP contribution in [0.15, 0.2) is 48.5 Å². The molecule has 1 aliphatic rings. The summed E-state index contributed by atoms with van der Waals surface area (Å²) < 4.78 is 12.9. The number of nitrogens with zero attached hydrogens (tertiary/aromatic N) is 2. The van der Waals surface area contributed by atoms with Crippen molar-refractivity contribution in [2.24, 2.45) is 0 Å². The second kappa shape index (κ2) is 9.72. The number of rotatable bonds is 6. The van der Waals surface area contributed by atoms with E-state index in [2.05, 4.69) is 16.3 Å². The van der Waals surface area contributed by atoms with Gasteiger partial charge < -0.3 is 10.2 Å². The summed E-state index contributed by atoms with van der Waals surface area (Å²) in [6.45, 7) is 4.76. The lowest BCUT2D eigenvalue weighted by Crippen LogP contribution is -2.52. The van der Waals surface area contributed by atoms with Crippen molar-refractivity contribution >= 4 is 17.6 Å². The van der Waals surface area contributed by atoms with Crippen LogP contribution in [0.5, 0.6) is 0 Å². The second-order valence-corrected chi connectivity index (χ2v) is 7.25. The lowest BCUT2D eigenvalue weighted by atomic mass is 10.1. The number of halogens is 2. The summed E-state index contributed by atoms with van der Waals surface area (Å²) in [7, 11) is 0. The molecule has 2 aromatic rings. The molecule has 0 bridgehead atoms. The van der Waals surface area contributed by atoms with E-state index >= 15 is 0 Å². The lowest BCUT2D eigenvalue weighted by Gasteiger charge is -2.34. The highest BCUT2D eigenvalue weighted by Gasteiger charge is 2.20. The highest BCUT2D eigenvalue weighted by Crippen LogP contribution is 2.12. The van der Waals surface area contributed by atoms with Crippen molar-refractivity contribution < 1.29 is 9.18 Å². The molecule has 0 radical (unpaired) electrons. The zero-order chi connectivity index (χ0) is 19.1. The fraction of sp³-hybridized carbons (Fsp3) is 0.381. The largest absolute Gasteiger partial charge is 0.338 e. The summed E-state index contributed by atoms with van der Waals surface area (Å²) in [5, 5.41) is 3.73. The molecule has 1 heterocycles. The Morgan fingerprint density at radius 3 is 2.44 bits per heavy atom. The minimum absolute atomic E-state index is 0.0217.